The number of carbonyl (C=O) groups excluding carboxylic acids is 4. The van der Waals surface area contributed by atoms with Crippen LogP contribution in [0.15, 0.2) is 12.2 Å². The monoisotopic (exact) mass is 294 g/mol. The normalized spacial score (nSPS) is 39.7. The minimum atomic E-state index is -1.24. The first kappa shape index (κ1) is 13.8. The third-order valence-electron chi connectivity index (χ3n) is 4.91. The summed E-state index contributed by atoms with van der Waals surface area (Å²) < 4.78 is 14.3. The molecule has 0 N–H and O–H groups in total. The van der Waals surface area contributed by atoms with Crippen LogP contribution in [0.25, 0.3) is 0 Å². The number of ether oxygens (including phenoxy) is 3. The maximum absolute atomic E-state index is 12.2. The molecule has 4 atom stereocenters. The Morgan fingerprint density at radius 2 is 1.38 bits per heavy atom. The minimum absolute atomic E-state index is 0.231. The molecule has 4 unspecified atom stereocenters. The third-order valence-corrected chi connectivity index (χ3v) is 4.91. The SMILES string of the molecule is COC(=O)C12C=CC(C(=O)OC)(CC1)C1C(=O)OC(=O)C12. The molecule has 4 aliphatic rings. The van der Waals surface area contributed by atoms with Crippen LogP contribution in [-0.4, -0.2) is 38.1 Å². The van der Waals surface area contributed by atoms with Crippen molar-refractivity contribution in [3.8, 4) is 0 Å². The van der Waals surface area contributed by atoms with Gasteiger partial charge in [0.05, 0.1) is 26.1 Å². The summed E-state index contributed by atoms with van der Waals surface area (Å²) >= 11 is 0. The lowest BCUT2D eigenvalue weighted by Crippen LogP contribution is -2.58. The number of cyclic esters (lactones) is 2. The summed E-state index contributed by atoms with van der Waals surface area (Å²) in [6, 6.07) is 0. The number of fused-ring (bicyclic) bond motifs is 1. The minimum Gasteiger partial charge on any atom is -0.468 e. The molecule has 0 aromatic carbocycles. The molecule has 112 valence electrons. The van der Waals surface area contributed by atoms with Gasteiger partial charge < -0.3 is 14.2 Å². The van der Waals surface area contributed by atoms with Crippen molar-refractivity contribution in [1.82, 2.24) is 0 Å². The second kappa shape index (κ2) is 4.16. The zero-order valence-corrected chi connectivity index (χ0v) is 11.6. The zero-order valence-electron chi connectivity index (χ0n) is 11.6. The fraction of sp³-hybridized carbons (Fsp3) is 0.571. The zero-order chi connectivity index (χ0) is 15.4. The number of hydrogen-bond acceptors (Lipinski definition) is 7. The smallest absolute Gasteiger partial charge is 0.319 e. The van der Waals surface area contributed by atoms with Crippen LogP contribution >= 0.6 is 0 Å². The number of rotatable bonds is 2. The van der Waals surface area contributed by atoms with Crippen molar-refractivity contribution >= 4 is 23.9 Å². The van der Waals surface area contributed by atoms with Crippen molar-refractivity contribution in [3.63, 3.8) is 0 Å². The molecule has 1 saturated heterocycles. The van der Waals surface area contributed by atoms with E-state index in [-0.39, 0.29) is 12.8 Å². The Bertz CT molecular complexity index is 542. The van der Waals surface area contributed by atoms with Gasteiger partial charge in [0.1, 0.15) is 10.8 Å². The van der Waals surface area contributed by atoms with Gasteiger partial charge in [-0.3, -0.25) is 19.2 Å². The molecule has 1 heterocycles. The van der Waals surface area contributed by atoms with Crippen LogP contribution in [0.3, 0.4) is 0 Å². The highest BCUT2D eigenvalue weighted by Crippen LogP contribution is 2.62. The van der Waals surface area contributed by atoms with Crippen LogP contribution < -0.4 is 0 Å². The molecular weight excluding hydrogens is 280 g/mol. The number of carbonyl (C=O) groups is 4. The third kappa shape index (κ3) is 1.43. The largest absolute Gasteiger partial charge is 0.468 e. The van der Waals surface area contributed by atoms with E-state index in [1.54, 1.807) is 0 Å². The lowest BCUT2D eigenvalue weighted by molar-refractivity contribution is -0.174. The van der Waals surface area contributed by atoms with Crippen molar-refractivity contribution in [2.24, 2.45) is 22.7 Å². The summed E-state index contributed by atoms with van der Waals surface area (Å²) in [4.78, 5) is 48.5. The van der Waals surface area contributed by atoms with Gasteiger partial charge in [-0.2, -0.15) is 0 Å². The molecular formula is C14H14O7. The predicted molar refractivity (Wildman–Crippen MR) is 65.4 cm³/mol. The molecule has 3 aliphatic carbocycles. The summed E-state index contributed by atoms with van der Waals surface area (Å²) in [5.41, 5.74) is -2.48. The fourth-order valence-corrected chi connectivity index (χ4v) is 3.88. The molecule has 1 saturated carbocycles. The number of hydrogen-bond donors (Lipinski definition) is 0. The molecule has 0 aromatic rings. The Labute approximate surface area is 120 Å². The lowest BCUT2D eigenvalue weighted by Gasteiger charge is -2.50. The van der Waals surface area contributed by atoms with E-state index in [9.17, 15) is 19.2 Å². The summed E-state index contributed by atoms with van der Waals surface area (Å²) in [5, 5.41) is 0. The highest BCUT2D eigenvalue weighted by Gasteiger charge is 2.72. The summed E-state index contributed by atoms with van der Waals surface area (Å²) in [6.07, 6.45) is 3.46. The maximum Gasteiger partial charge on any atom is 0.319 e. The summed E-state index contributed by atoms with van der Waals surface area (Å²) in [7, 11) is 2.44. The second-order valence-electron chi connectivity index (χ2n) is 5.59. The second-order valence-corrected chi connectivity index (χ2v) is 5.59. The average Bonchev–Trinajstić information content (AvgIpc) is 2.84. The molecule has 7 nitrogen and oxygen atoms in total. The Balaban J connectivity index is 2.20. The highest BCUT2D eigenvalue weighted by atomic mass is 16.6. The van der Waals surface area contributed by atoms with E-state index in [0.717, 1.165) is 0 Å². The van der Waals surface area contributed by atoms with Crippen LogP contribution in [-0.2, 0) is 33.4 Å². The Morgan fingerprint density at radius 3 is 1.67 bits per heavy atom. The van der Waals surface area contributed by atoms with E-state index < -0.39 is 46.5 Å². The van der Waals surface area contributed by atoms with Gasteiger partial charge in [-0.25, -0.2) is 0 Å². The molecule has 2 bridgehead atoms. The molecule has 0 aromatic heterocycles. The molecule has 0 radical (unpaired) electrons. The van der Waals surface area contributed by atoms with Gasteiger partial charge >= 0.3 is 23.9 Å². The van der Waals surface area contributed by atoms with Gasteiger partial charge in [-0.05, 0) is 12.8 Å². The van der Waals surface area contributed by atoms with Crippen LogP contribution in [0.1, 0.15) is 12.8 Å². The van der Waals surface area contributed by atoms with Gasteiger partial charge in [0.2, 0.25) is 0 Å². The molecule has 0 spiro atoms. The highest BCUT2D eigenvalue weighted by molar-refractivity contribution is 6.05. The van der Waals surface area contributed by atoms with E-state index in [4.69, 9.17) is 14.2 Å². The summed E-state index contributed by atoms with van der Waals surface area (Å²) in [5.74, 6) is -4.83. The van der Waals surface area contributed by atoms with Crippen molar-refractivity contribution in [2.45, 2.75) is 12.8 Å². The van der Waals surface area contributed by atoms with Gasteiger partial charge in [0.15, 0.2) is 0 Å². The van der Waals surface area contributed by atoms with Crippen molar-refractivity contribution in [2.75, 3.05) is 14.2 Å². The predicted octanol–water partition coefficient (Wildman–Crippen LogP) is -0.0154. The molecule has 1 aliphatic heterocycles. The fourth-order valence-electron chi connectivity index (χ4n) is 3.88. The molecule has 4 rings (SSSR count). The first-order valence-electron chi connectivity index (χ1n) is 6.56. The Hall–Kier alpha value is -2.18. The van der Waals surface area contributed by atoms with E-state index in [1.165, 1.54) is 26.4 Å². The Morgan fingerprint density at radius 1 is 1.00 bits per heavy atom. The van der Waals surface area contributed by atoms with Crippen LogP contribution in [0.4, 0.5) is 0 Å². The van der Waals surface area contributed by atoms with Gasteiger partial charge in [-0.15, -0.1) is 0 Å². The maximum atomic E-state index is 12.2. The van der Waals surface area contributed by atoms with Gasteiger partial charge in [-0.1, -0.05) is 12.2 Å². The molecule has 2 fully saturated rings. The molecule has 0 amide bonds. The van der Waals surface area contributed by atoms with E-state index in [2.05, 4.69) is 0 Å². The van der Waals surface area contributed by atoms with Gasteiger partial charge in [0, 0.05) is 0 Å². The van der Waals surface area contributed by atoms with Crippen LogP contribution in [0, 0.1) is 22.7 Å². The first-order valence-corrected chi connectivity index (χ1v) is 6.56. The van der Waals surface area contributed by atoms with Crippen molar-refractivity contribution in [1.29, 1.82) is 0 Å². The van der Waals surface area contributed by atoms with Crippen LogP contribution in [0.5, 0.6) is 0 Å². The number of esters is 4. The number of methoxy groups -OCH3 is 2. The summed E-state index contributed by atoms with van der Waals surface area (Å²) in [6.45, 7) is 0. The van der Waals surface area contributed by atoms with Crippen LogP contribution in [0.2, 0.25) is 0 Å². The van der Waals surface area contributed by atoms with E-state index >= 15 is 0 Å². The first-order chi connectivity index (χ1) is 9.93. The average molecular weight is 294 g/mol. The van der Waals surface area contributed by atoms with Crippen molar-refractivity contribution in [3.05, 3.63) is 12.2 Å². The molecule has 21 heavy (non-hydrogen) atoms. The van der Waals surface area contributed by atoms with E-state index in [0.29, 0.717) is 0 Å². The van der Waals surface area contributed by atoms with Gasteiger partial charge in [0.25, 0.3) is 0 Å². The Kier molecular flexibility index (Phi) is 2.73. The topological polar surface area (TPSA) is 96.0 Å². The van der Waals surface area contributed by atoms with Crippen molar-refractivity contribution < 1.29 is 33.4 Å². The quantitative estimate of drug-likeness (QED) is 0.306. The van der Waals surface area contributed by atoms with E-state index in [1.807, 2.05) is 0 Å². The lowest BCUT2D eigenvalue weighted by atomic mass is 9.48. The standard InChI is InChI=1S/C14H14O7/c1-19-11(17)13-3-5-14(6-4-13,12(18)20-2)8-7(13)9(15)21-10(8)16/h3,5,7-8H,4,6H2,1-2H3. The molecule has 7 heteroatoms.